The average Bonchev–Trinajstić information content (AvgIpc) is 2.76. The molecule has 1 aliphatic carbocycles. The Morgan fingerprint density at radius 2 is 1.71 bits per heavy atom. The minimum Gasteiger partial charge on any atom is -0.467 e. The molecule has 0 spiro atoms. The maximum absolute atomic E-state index is 13.0. The number of amides is 1. The van der Waals surface area contributed by atoms with E-state index in [1.54, 1.807) is 7.11 Å². The van der Waals surface area contributed by atoms with Crippen LogP contribution in [0.4, 0.5) is 0 Å². The summed E-state index contributed by atoms with van der Waals surface area (Å²) in [4.78, 5) is 25.6. The molecule has 0 aromatic heterocycles. The van der Waals surface area contributed by atoms with Gasteiger partial charge in [-0.2, -0.15) is 0 Å². The number of benzene rings is 2. The minimum absolute atomic E-state index is 0.107. The molecule has 1 amide bonds. The van der Waals surface area contributed by atoms with Crippen molar-refractivity contribution in [3.8, 4) is 11.1 Å². The third-order valence-electron chi connectivity index (χ3n) is 6.26. The van der Waals surface area contributed by atoms with Crippen molar-refractivity contribution >= 4 is 23.5 Å². The number of ether oxygens (including phenoxy) is 2. The minimum atomic E-state index is -0.988. The van der Waals surface area contributed by atoms with Gasteiger partial charge in [0.1, 0.15) is 5.54 Å². The van der Waals surface area contributed by atoms with Gasteiger partial charge in [0.25, 0.3) is 0 Å². The Balaban J connectivity index is 1.81. The van der Waals surface area contributed by atoms with Crippen LogP contribution in [0.15, 0.2) is 36.4 Å². The number of hydrogen-bond acceptors (Lipinski definition) is 4. The van der Waals surface area contributed by atoms with Crippen LogP contribution in [0.25, 0.3) is 11.1 Å². The van der Waals surface area contributed by atoms with Crippen LogP contribution in [0.3, 0.4) is 0 Å². The zero-order valence-electron chi connectivity index (χ0n) is 18.6. The molecule has 0 heterocycles. The van der Waals surface area contributed by atoms with Gasteiger partial charge in [0.05, 0.1) is 19.6 Å². The zero-order chi connectivity index (χ0) is 22.6. The molecule has 0 aliphatic heterocycles. The summed E-state index contributed by atoms with van der Waals surface area (Å²) in [5.41, 5.74) is 4.23. The molecule has 0 unspecified atom stereocenters. The Kier molecular flexibility index (Phi) is 7.39. The summed E-state index contributed by atoms with van der Waals surface area (Å²) in [5.74, 6) is -0.576. The van der Waals surface area contributed by atoms with Gasteiger partial charge >= 0.3 is 5.97 Å². The third kappa shape index (κ3) is 5.28. The smallest absolute Gasteiger partial charge is 0.331 e. The summed E-state index contributed by atoms with van der Waals surface area (Å²) in [6.45, 7) is 4.06. The number of aryl methyl sites for hydroxylation is 2. The van der Waals surface area contributed by atoms with Gasteiger partial charge in [0.15, 0.2) is 0 Å². The van der Waals surface area contributed by atoms with E-state index in [9.17, 15) is 9.59 Å². The Morgan fingerprint density at radius 1 is 1.06 bits per heavy atom. The second-order valence-corrected chi connectivity index (χ2v) is 8.77. The van der Waals surface area contributed by atoms with Gasteiger partial charge in [-0.1, -0.05) is 35.9 Å². The molecule has 1 N–H and O–H groups in total. The van der Waals surface area contributed by atoms with Gasteiger partial charge in [-0.15, -0.1) is 0 Å². The van der Waals surface area contributed by atoms with Crippen LogP contribution < -0.4 is 5.32 Å². The highest BCUT2D eigenvalue weighted by Crippen LogP contribution is 2.32. The van der Waals surface area contributed by atoms with E-state index < -0.39 is 11.5 Å². The highest BCUT2D eigenvalue weighted by Gasteiger charge is 2.44. The third-order valence-corrected chi connectivity index (χ3v) is 6.52. The number of methoxy groups -OCH3 is 2. The van der Waals surface area contributed by atoms with Crippen LogP contribution in [0.5, 0.6) is 0 Å². The number of carbonyl (C=O) groups is 2. The molecule has 166 valence electrons. The molecule has 1 fully saturated rings. The largest absolute Gasteiger partial charge is 0.467 e. The first-order chi connectivity index (χ1) is 14.8. The molecule has 5 nitrogen and oxygen atoms in total. The number of nitrogens with one attached hydrogen (secondary N) is 1. The molecule has 1 aliphatic rings. The summed E-state index contributed by atoms with van der Waals surface area (Å²) in [6.07, 6.45) is 2.72. The van der Waals surface area contributed by atoms with Gasteiger partial charge < -0.3 is 14.8 Å². The Labute approximate surface area is 189 Å². The molecule has 0 atom stereocenters. The number of rotatable bonds is 6. The predicted molar refractivity (Wildman–Crippen MR) is 122 cm³/mol. The number of carbonyl (C=O) groups excluding carboxylic acids is 2. The molecule has 31 heavy (non-hydrogen) atoms. The van der Waals surface area contributed by atoms with Crippen LogP contribution in [-0.2, 0) is 25.5 Å². The molecule has 0 bridgehead atoms. The molecule has 2 aromatic rings. The first-order valence-electron chi connectivity index (χ1n) is 10.6. The lowest BCUT2D eigenvalue weighted by Gasteiger charge is -2.38. The Bertz CT molecular complexity index is 947. The quantitative estimate of drug-likeness (QED) is 0.652. The highest BCUT2D eigenvalue weighted by molar-refractivity contribution is 6.30. The van der Waals surface area contributed by atoms with Crippen LogP contribution >= 0.6 is 11.6 Å². The van der Waals surface area contributed by atoms with Crippen molar-refractivity contribution in [3.63, 3.8) is 0 Å². The van der Waals surface area contributed by atoms with E-state index in [1.807, 2.05) is 31.2 Å². The number of esters is 1. The summed E-state index contributed by atoms with van der Waals surface area (Å²) < 4.78 is 10.4. The van der Waals surface area contributed by atoms with Crippen molar-refractivity contribution in [2.45, 2.75) is 57.6 Å². The van der Waals surface area contributed by atoms with Crippen LogP contribution in [0, 0.1) is 13.8 Å². The van der Waals surface area contributed by atoms with E-state index in [0.29, 0.717) is 30.7 Å². The topological polar surface area (TPSA) is 64.6 Å². The molecular formula is C25H30ClNO4. The average molecular weight is 444 g/mol. The van der Waals surface area contributed by atoms with Gasteiger partial charge in [0, 0.05) is 12.1 Å². The molecule has 1 saturated carbocycles. The number of hydrogen-bond donors (Lipinski definition) is 1. The first-order valence-corrected chi connectivity index (χ1v) is 10.9. The summed E-state index contributed by atoms with van der Waals surface area (Å²) in [5, 5.41) is 3.68. The van der Waals surface area contributed by atoms with Gasteiger partial charge in [0.2, 0.25) is 5.91 Å². The normalized spacial score (nSPS) is 20.9. The van der Waals surface area contributed by atoms with Crippen LogP contribution in [-0.4, -0.2) is 37.7 Å². The molecule has 3 rings (SSSR count). The van der Waals surface area contributed by atoms with Gasteiger partial charge in [-0.25, -0.2) is 4.79 Å². The second kappa shape index (κ2) is 9.84. The van der Waals surface area contributed by atoms with Crippen molar-refractivity contribution in [3.05, 3.63) is 58.1 Å². The summed E-state index contributed by atoms with van der Waals surface area (Å²) >= 11 is 6.03. The van der Waals surface area contributed by atoms with Gasteiger partial charge in [-0.05, 0) is 79.5 Å². The van der Waals surface area contributed by atoms with E-state index in [1.165, 1.54) is 7.11 Å². The lowest BCUT2D eigenvalue weighted by molar-refractivity contribution is -0.153. The van der Waals surface area contributed by atoms with Crippen molar-refractivity contribution in [2.75, 3.05) is 14.2 Å². The Hall–Kier alpha value is -2.37. The predicted octanol–water partition coefficient (Wildman–Crippen LogP) is 4.78. The van der Waals surface area contributed by atoms with Crippen molar-refractivity contribution in [1.29, 1.82) is 0 Å². The Morgan fingerprint density at radius 3 is 2.29 bits per heavy atom. The van der Waals surface area contributed by atoms with E-state index >= 15 is 0 Å². The fraction of sp³-hybridized carbons (Fsp3) is 0.440. The molecule has 0 radical (unpaired) electrons. The van der Waals surface area contributed by atoms with E-state index in [-0.39, 0.29) is 18.4 Å². The highest BCUT2D eigenvalue weighted by atomic mass is 35.5. The molecule has 0 saturated heterocycles. The van der Waals surface area contributed by atoms with E-state index in [4.69, 9.17) is 21.1 Å². The van der Waals surface area contributed by atoms with E-state index in [0.717, 1.165) is 27.8 Å². The standard InChI is InChI=1S/C25H30ClNO4/c1-16-13-17(2)22(18-5-7-20(26)8-6-18)14-19(16)15-23(28)27-25(24(29)31-4)11-9-21(30-3)10-12-25/h5-8,13-14,21H,9-12,15H2,1-4H3,(H,27,28)/t21-,25-. The van der Waals surface area contributed by atoms with Crippen LogP contribution in [0.1, 0.15) is 42.4 Å². The van der Waals surface area contributed by atoms with Crippen molar-refractivity contribution < 1.29 is 19.1 Å². The van der Waals surface area contributed by atoms with Crippen LogP contribution in [0.2, 0.25) is 5.02 Å². The summed E-state index contributed by atoms with van der Waals surface area (Å²) in [6, 6.07) is 11.8. The lowest BCUT2D eigenvalue weighted by Crippen LogP contribution is -2.57. The molecule has 6 heteroatoms. The molecular weight excluding hydrogens is 414 g/mol. The van der Waals surface area contributed by atoms with E-state index in [2.05, 4.69) is 24.4 Å². The fourth-order valence-corrected chi connectivity index (χ4v) is 4.53. The maximum atomic E-state index is 13.0. The number of halogens is 1. The fourth-order valence-electron chi connectivity index (χ4n) is 4.41. The lowest BCUT2D eigenvalue weighted by atomic mass is 9.80. The monoisotopic (exact) mass is 443 g/mol. The summed E-state index contributed by atoms with van der Waals surface area (Å²) in [7, 11) is 3.04. The maximum Gasteiger partial charge on any atom is 0.331 e. The zero-order valence-corrected chi connectivity index (χ0v) is 19.3. The van der Waals surface area contributed by atoms with Gasteiger partial charge in [-0.3, -0.25) is 4.79 Å². The second-order valence-electron chi connectivity index (χ2n) is 8.33. The van der Waals surface area contributed by atoms with Crippen molar-refractivity contribution in [1.82, 2.24) is 5.32 Å². The molecule has 2 aromatic carbocycles. The first kappa shape index (κ1) is 23.3. The SMILES string of the molecule is COC(=O)[C@]1(NC(=O)Cc2cc(-c3ccc(Cl)cc3)c(C)cc2C)CC[C@H](OC)CC1. The van der Waals surface area contributed by atoms with Crippen molar-refractivity contribution in [2.24, 2.45) is 0 Å².